The molecule has 0 unspecified atom stereocenters. The lowest BCUT2D eigenvalue weighted by Crippen LogP contribution is -2.42. The van der Waals surface area contributed by atoms with Crippen LogP contribution in [0.4, 0.5) is 0 Å². The highest BCUT2D eigenvalue weighted by Gasteiger charge is 2.22. The van der Waals surface area contributed by atoms with E-state index < -0.39 is 0 Å². The average molecular weight is 311 g/mol. The summed E-state index contributed by atoms with van der Waals surface area (Å²) in [5.41, 5.74) is 2.95. The van der Waals surface area contributed by atoms with Crippen molar-refractivity contribution in [3.05, 3.63) is 12.7 Å². The normalized spacial score (nSPS) is 20.0. The van der Waals surface area contributed by atoms with Crippen LogP contribution in [0.2, 0.25) is 0 Å². The van der Waals surface area contributed by atoms with Crippen LogP contribution >= 0.6 is 0 Å². The van der Waals surface area contributed by atoms with Crippen LogP contribution in [0.1, 0.15) is 47.0 Å². The molecule has 1 rings (SSSR count). The molecular formula is C17H33N3O2. The summed E-state index contributed by atoms with van der Waals surface area (Å²) in [7, 11) is 1.78. The Labute approximate surface area is 135 Å². The second kappa shape index (κ2) is 9.28. The molecule has 128 valence electrons. The second-order valence-corrected chi connectivity index (χ2v) is 6.99. The summed E-state index contributed by atoms with van der Waals surface area (Å²) in [6.07, 6.45) is 5.57. The molecule has 1 aliphatic heterocycles. The smallest absolute Gasteiger partial charge is 0.127 e. The van der Waals surface area contributed by atoms with Gasteiger partial charge in [-0.3, -0.25) is 20.2 Å². The van der Waals surface area contributed by atoms with Gasteiger partial charge in [0.2, 0.25) is 0 Å². The summed E-state index contributed by atoms with van der Waals surface area (Å²) in [4.78, 5) is 12.1. The van der Waals surface area contributed by atoms with Crippen molar-refractivity contribution in [2.75, 3.05) is 26.9 Å². The van der Waals surface area contributed by atoms with Crippen LogP contribution in [0.25, 0.3) is 0 Å². The first-order valence-corrected chi connectivity index (χ1v) is 8.20. The Morgan fingerprint density at radius 1 is 1.41 bits per heavy atom. The van der Waals surface area contributed by atoms with Crippen molar-refractivity contribution in [1.82, 2.24) is 10.4 Å². The Hall–Kier alpha value is -0.910. The molecule has 5 heteroatoms. The minimum Gasteiger partial charge on any atom is -0.375 e. The lowest BCUT2D eigenvalue weighted by molar-refractivity contribution is -0.0651. The van der Waals surface area contributed by atoms with Crippen molar-refractivity contribution in [2.24, 2.45) is 10.4 Å². The Kier molecular flexibility index (Phi) is 8.07. The maximum atomic E-state index is 6.01. The molecule has 0 radical (unpaired) electrons. The zero-order valence-electron chi connectivity index (χ0n) is 14.9. The van der Waals surface area contributed by atoms with Gasteiger partial charge in [0.25, 0.3) is 0 Å². The van der Waals surface area contributed by atoms with Gasteiger partial charge in [0, 0.05) is 25.6 Å². The third kappa shape index (κ3) is 6.90. The number of ether oxygens (including phenoxy) is 1. The van der Waals surface area contributed by atoms with E-state index in [1.54, 1.807) is 7.05 Å². The largest absolute Gasteiger partial charge is 0.375 e. The Bertz CT molecular complexity index is 355. The first kappa shape index (κ1) is 19.1. The molecule has 1 N–H and O–H groups in total. The zero-order valence-corrected chi connectivity index (χ0v) is 14.9. The standard InChI is InChI=1S/C17H33N3O2/c1-7-8-14(2)22-15-9-11-20(12-10-15)13-21-19-16(18-6)17(3,4)5/h7,14-15H,1,8-13H2,2-6H3,(H,18,19)/t14-/m1/s1. The number of amidine groups is 1. The Morgan fingerprint density at radius 3 is 2.55 bits per heavy atom. The summed E-state index contributed by atoms with van der Waals surface area (Å²) in [6.45, 7) is 14.8. The molecule has 0 spiro atoms. The van der Waals surface area contributed by atoms with Gasteiger partial charge in [-0.15, -0.1) is 6.58 Å². The maximum Gasteiger partial charge on any atom is 0.127 e. The first-order chi connectivity index (χ1) is 10.4. The summed E-state index contributed by atoms with van der Waals surface area (Å²) in [6, 6.07) is 0. The fraction of sp³-hybridized carbons (Fsp3) is 0.824. The van der Waals surface area contributed by atoms with Gasteiger partial charge in [0.15, 0.2) is 0 Å². The molecule has 0 amide bonds. The fourth-order valence-electron chi connectivity index (χ4n) is 2.52. The minimum atomic E-state index is -0.0309. The number of rotatable bonds is 7. The van der Waals surface area contributed by atoms with Gasteiger partial charge in [0.1, 0.15) is 12.6 Å². The third-order valence-corrected chi connectivity index (χ3v) is 3.81. The number of hydroxylamine groups is 1. The van der Waals surface area contributed by atoms with E-state index in [0.29, 0.717) is 12.8 Å². The molecule has 0 aliphatic carbocycles. The summed E-state index contributed by atoms with van der Waals surface area (Å²) in [5.74, 6) is 0.865. The van der Waals surface area contributed by atoms with Crippen molar-refractivity contribution in [2.45, 2.75) is 59.2 Å². The number of hydrogen-bond donors (Lipinski definition) is 1. The van der Waals surface area contributed by atoms with Gasteiger partial charge < -0.3 is 4.74 Å². The van der Waals surface area contributed by atoms with Crippen LogP contribution in [0, 0.1) is 5.41 Å². The van der Waals surface area contributed by atoms with E-state index in [1.807, 2.05) is 6.08 Å². The topological polar surface area (TPSA) is 46.1 Å². The van der Waals surface area contributed by atoms with Gasteiger partial charge in [-0.2, -0.15) is 0 Å². The molecule has 1 aliphatic rings. The van der Waals surface area contributed by atoms with E-state index in [-0.39, 0.29) is 11.5 Å². The lowest BCUT2D eigenvalue weighted by atomic mass is 9.95. The van der Waals surface area contributed by atoms with E-state index in [9.17, 15) is 0 Å². The number of hydrogen-bond acceptors (Lipinski definition) is 4. The Balaban J connectivity index is 2.22. The van der Waals surface area contributed by atoms with Crippen molar-refractivity contribution >= 4 is 5.84 Å². The highest BCUT2D eigenvalue weighted by Crippen LogP contribution is 2.17. The maximum absolute atomic E-state index is 6.01. The van der Waals surface area contributed by atoms with Gasteiger partial charge in [0.05, 0.1) is 12.2 Å². The van der Waals surface area contributed by atoms with E-state index in [4.69, 9.17) is 9.57 Å². The van der Waals surface area contributed by atoms with Crippen LogP contribution in [0.3, 0.4) is 0 Å². The molecule has 0 aromatic heterocycles. The molecule has 1 saturated heterocycles. The van der Waals surface area contributed by atoms with Crippen LogP contribution in [-0.2, 0) is 9.57 Å². The Morgan fingerprint density at radius 2 is 2.05 bits per heavy atom. The monoisotopic (exact) mass is 311 g/mol. The highest BCUT2D eigenvalue weighted by atomic mass is 16.7. The van der Waals surface area contributed by atoms with Crippen LogP contribution in [-0.4, -0.2) is 49.8 Å². The molecular weight excluding hydrogens is 278 g/mol. The number of aliphatic imine (C=N–C) groups is 1. The molecule has 1 fully saturated rings. The van der Waals surface area contributed by atoms with Crippen molar-refractivity contribution in [3.63, 3.8) is 0 Å². The predicted molar refractivity (Wildman–Crippen MR) is 91.9 cm³/mol. The van der Waals surface area contributed by atoms with E-state index in [1.165, 1.54) is 0 Å². The molecule has 22 heavy (non-hydrogen) atoms. The number of likely N-dealkylation sites (tertiary alicyclic amines) is 1. The number of nitrogens with zero attached hydrogens (tertiary/aromatic N) is 2. The van der Waals surface area contributed by atoms with Crippen LogP contribution < -0.4 is 5.48 Å². The van der Waals surface area contributed by atoms with E-state index >= 15 is 0 Å². The summed E-state index contributed by atoms with van der Waals surface area (Å²) < 4.78 is 6.01. The molecule has 0 aromatic rings. The third-order valence-electron chi connectivity index (χ3n) is 3.81. The predicted octanol–water partition coefficient (Wildman–Crippen LogP) is 2.99. The SMILES string of the molecule is C=CC[C@@H](C)OC1CCN(CONC(=NC)C(C)(C)C)CC1. The van der Waals surface area contributed by atoms with E-state index in [0.717, 1.165) is 38.2 Å². The number of piperidine rings is 1. The molecule has 5 nitrogen and oxygen atoms in total. The quantitative estimate of drug-likeness (QED) is 0.340. The highest BCUT2D eigenvalue weighted by molar-refractivity contribution is 5.86. The van der Waals surface area contributed by atoms with Crippen molar-refractivity contribution in [3.8, 4) is 0 Å². The van der Waals surface area contributed by atoms with Crippen LogP contribution in [0.5, 0.6) is 0 Å². The minimum absolute atomic E-state index is 0.0309. The summed E-state index contributed by atoms with van der Waals surface area (Å²) >= 11 is 0. The van der Waals surface area contributed by atoms with Gasteiger partial charge in [-0.05, 0) is 26.2 Å². The molecule has 0 bridgehead atoms. The molecule has 0 saturated carbocycles. The van der Waals surface area contributed by atoms with Crippen molar-refractivity contribution < 1.29 is 9.57 Å². The number of nitrogens with one attached hydrogen (secondary N) is 1. The zero-order chi connectivity index (χ0) is 16.6. The van der Waals surface area contributed by atoms with Gasteiger partial charge in [-0.1, -0.05) is 26.8 Å². The molecule has 1 heterocycles. The second-order valence-electron chi connectivity index (χ2n) is 6.99. The summed E-state index contributed by atoms with van der Waals surface area (Å²) in [5, 5.41) is 0. The van der Waals surface area contributed by atoms with Crippen molar-refractivity contribution in [1.29, 1.82) is 0 Å². The molecule has 1 atom stereocenters. The fourth-order valence-corrected chi connectivity index (χ4v) is 2.52. The van der Waals surface area contributed by atoms with E-state index in [2.05, 4.69) is 49.6 Å². The van der Waals surface area contributed by atoms with Gasteiger partial charge in [-0.25, -0.2) is 0 Å². The molecule has 0 aromatic carbocycles. The average Bonchev–Trinajstić information content (AvgIpc) is 2.44. The first-order valence-electron chi connectivity index (χ1n) is 8.20. The lowest BCUT2D eigenvalue weighted by Gasteiger charge is -2.33. The van der Waals surface area contributed by atoms with Crippen LogP contribution in [0.15, 0.2) is 17.6 Å². The van der Waals surface area contributed by atoms with Gasteiger partial charge >= 0.3 is 0 Å².